The molecule has 0 radical (unpaired) electrons. The van der Waals surface area contributed by atoms with Crippen molar-refractivity contribution in [2.45, 2.75) is 20.3 Å². The number of rotatable bonds is 8. The molecule has 27 heavy (non-hydrogen) atoms. The maximum Gasteiger partial charge on any atom is 0.312 e. The van der Waals surface area contributed by atoms with E-state index in [1.165, 1.54) is 18.4 Å². The predicted molar refractivity (Wildman–Crippen MR) is 101 cm³/mol. The minimum Gasteiger partial charge on any atom is -0.495 e. The molecule has 2 aromatic rings. The highest BCUT2D eigenvalue weighted by molar-refractivity contribution is 7.09. The zero-order chi connectivity index (χ0) is 19.8. The van der Waals surface area contributed by atoms with Gasteiger partial charge in [-0.25, -0.2) is 4.98 Å². The lowest BCUT2D eigenvalue weighted by molar-refractivity contribution is -0.147. The minimum atomic E-state index is -0.566. The van der Waals surface area contributed by atoms with E-state index in [9.17, 15) is 14.4 Å². The number of aromatic nitrogens is 1. The van der Waals surface area contributed by atoms with Gasteiger partial charge in [-0.3, -0.25) is 14.4 Å². The van der Waals surface area contributed by atoms with Gasteiger partial charge < -0.3 is 20.1 Å². The number of hydrogen-bond donors (Lipinski definition) is 2. The third-order valence-corrected chi connectivity index (χ3v) is 4.25. The van der Waals surface area contributed by atoms with E-state index in [0.29, 0.717) is 17.1 Å². The summed E-state index contributed by atoms with van der Waals surface area (Å²) in [7, 11) is 1.50. The van der Waals surface area contributed by atoms with Crippen LogP contribution in [-0.2, 0) is 25.5 Å². The molecule has 0 saturated heterocycles. The lowest BCUT2D eigenvalue weighted by Gasteiger charge is -2.11. The summed E-state index contributed by atoms with van der Waals surface area (Å²) in [6.45, 7) is 3.02. The number of amides is 2. The van der Waals surface area contributed by atoms with Crippen LogP contribution < -0.4 is 15.4 Å². The molecular formula is C18H21N3O5S. The molecule has 9 heteroatoms. The van der Waals surface area contributed by atoms with E-state index in [1.54, 1.807) is 17.5 Å². The molecule has 2 N–H and O–H groups in total. The number of carbonyl (C=O) groups excluding carboxylic acids is 3. The largest absolute Gasteiger partial charge is 0.495 e. The van der Waals surface area contributed by atoms with Gasteiger partial charge in [0.25, 0.3) is 5.91 Å². The van der Waals surface area contributed by atoms with Gasteiger partial charge in [0.2, 0.25) is 5.91 Å². The molecule has 144 valence electrons. The molecule has 0 spiro atoms. The van der Waals surface area contributed by atoms with E-state index in [0.717, 1.165) is 10.6 Å². The summed E-state index contributed by atoms with van der Waals surface area (Å²) in [6.07, 6.45) is 0.00522. The summed E-state index contributed by atoms with van der Waals surface area (Å²) in [6, 6.07) is 5.37. The molecule has 0 aliphatic carbocycles. The third kappa shape index (κ3) is 6.70. The molecule has 0 bridgehead atoms. The first-order valence-electron chi connectivity index (χ1n) is 8.15. The number of carbonyl (C=O) groups is 3. The zero-order valence-corrected chi connectivity index (χ0v) is 16.1. The van der Waals surface area contributed by atoms with Gasteiger partial charge in [-0.05, 0) is 31.5 Å². The number of ether oxygens (including phenoxy) is 2. The molecule has 0 aliphatic heterocycles. The van der Waals surface area contributed by atoms with E-state index in [2.05, 4.69) is 15.6 Å². The minimum absolute atomic E-state index is 0.00522. The highest BCUT2D eigenvalue weighted by atomic mass is 32.1. The van der Waals surface area contributed by atoms with E-state index < -0.39 is 24.4 Å². The van der Waals surface area contributed by atoms with Crippen molar-refractivity contribution < 1.29 is 23.9 Å². The maximum atomic E-state index is 12.0. The van der Waals surface area contributed by atoms with E-state index in [4.69, 9.17) is 9.47 Å². The first kappa shape index (κ1) is 20.4. The monoisotopic (exact) mass is 391 g/mol. The molecular weight excluding hydrogens is 370 g/mol. The van der Waals surface area contributed by atoms with Gasteiger partial charge in [-0.15, -0.1) is 11.3 Å². The van der Waals surface area contributed by atoms with Crippen molar-refractivity contribution in [1.82, 2.24) is 10.3 Å². The van der Waals surface area contributed by atoms with Crippen molar-refractivity contribution in [3.05, 3.63) is 39.8 Å². The van der Waals surface area contributed by atoms with Gasteiger partial charge in [0, 0.05) is 5.38 Å². The highest BCUT2D eigenvalue weighted by Gasteiger charge is 2.12. The Morgan fingerprint density at radius 2 is 1.96 bits per heavy atom. The van der Waals surface area contributed by atoms with Gasteiger partial charge >= 0.3 is 5.97 Å². The second-order valence-electron chi connectivity index (χ2n) is 5.72. The summed E-state index contributed by atoms with van der Waals surface area (Å²) < 4.78 is 10.1. The van der Waals surface area contributed by atoms with Crippen LogP contribution in [0, 0.1) is 13.8 Å². The van der Waals surface area contributed by atoms with Crippen LogP contribution in [-0.4, -0.2) is 43.0 Å². The number of esters is 1. The summed E-state index contributed by atoms with van der Waals surface area (Å²) >= 11 is 1.43. The molecule has 8 nitrogen and oxygen atoms in total. The number of nitrogens with zero attached hydrogens (tertiary/aromatic N) is 1. The Hall–Kier alpha value is -2.94. The molecule has 0 fully saturated rings. The Bertz CT molecular complexity index is 834. The molecule has 0 aliphatic rings. The molecule has 0 atom stereocenters. The van der Waals surface area contributed by atoms with Gasteiger partial charge in [-0.1, -0.05) is 6.07 Å². The number of thiazole rings is 1. The van der Waals surface area contributed by atoms with Crippen molar-refractivity contribution in [2.75, 3.05) is 25.6 Å². The first-order chi connectivity index (χ1) is 12.9. The van der Waals surface area contributed by atoms with Crippen molar-refractivity contribution in [3.63, 3.8) is 0 Å². The van der Waals surface area contributed by atoms with Crippen LogP contribution in [0.2, 0.25) is 0 Å². The second-order valence-corrected chi connectivity index (χ2v) is 6.79. The molecule has 2 rings (SSSR count). The first-order valence-corrected chi connectivity index (χ1v) is 9.03. The van der Waals surface area contributed by atoms with Crippen LogP contribution in [0.15, 0.2) is 23.6 Å². The number of methoxy groups -OCH3 is 1. The quantitative estimate of drug-likeness (QED) is 0.662. The standard InChI is InChI=1S/C18H21N3O5S/c1-11-4-5-15(25-3)14(6-11)21-16(22)8-19-17(23)9-26-18(24)7-13-10-27-12(2)20-13/h4-6,10H,7-9H2,1-3H3,(H,19,23)(H,21,22). The second kappa shape index (κ2) is 9.67. The molecule has 1 aromatic heterocycles. The van der Waals surface area contributed by atoms with Crippen molar-refractivity contribution in [1.29, 1.82) is 0 Å². The predicted octanol–water partition coefficient (Wildman–Crippen LogP) is 1.61. The van der Waals surface area contributed by atoms with Gasteiger partial charge in [0.15, 0.2) is 6.61 Å². The molecule has 2 amide bonds. The summed E-state index contributed by atoms with van der Waals surface area (Å²) in [4.78, 5) is 39.5. The van der Waals surface area contributed by atoms with Crippen LogP contribution in [0.5, 0.6) is 5.75 Å². The molecule has 0 saturated carbocycles. The molecule has 1 heterocycles. The lowest BCUT2D eigenvalue weighted by atomic mass is 10.2. The Morgan fingerprint density at radius 3 is 2.63 bits per heavy atom. The van der Waals surface area contributed by atoms with E-state index >= 15 is 0 Å². The van der Waals surface area contributed by atoms with Crippen LogP contribution in [0.25, 0.3) is 0 Å². The number of anilines is 1. The topological polar surface area (TPSA) is 107 Å². The van der Waals surface area contributed by atoms with E-state index in [-0.39, 0.29) is 13.0 Å². The van der Waals surface area contributed by atoms with Gasteiger partial charge in [0.1, 0.15) is 5.75 Å². The number of nitrogens with one attached hydrogen (secondary N) is 2. The van der Waals surface area contributed by atoms with Crippen LogP contribution in [0.3, 0.4) is 0 Å². The van der Waals surface area contributed by atoms with Crippen LogP contribution >= 0.6 is 11.3 Å². The number of aryl methyl sites for hydroxylation is 2. The van der Waals surface area contributed by atoms with Crippen LogP contribution in [0.1, 0.15) is 16.3 Å². The fraction of sp³-hybridized carbons (Fsp3) is 0.333. The Labute approximate surface area is 160 Å². The lowest BCUT2D eigenvalue weighted by Crippen LogP contribution is -2.35. The average molecular weight is 391 g/mol. The SMILES string of the molecule is COc1ccc(C)cc1NC(=O)CNC(=O)COC(=O)Cc1csc(C)n1. The van der Waals surface area contributed by atoms with Crippen molar-refractivity contribution in [2.24, 2.45) is 0 Å². The zero-order valence-electron chi connectivity index (χ0n) is 15.3. The summed E-state index contributed by atoms with van der Waals surface area (Å²) in [5.41, 5.74) is 2.08. The third-order valence-electron chi connectivity index (χ3n) is 3.43. The summed E-state index contributed by atoms with van der Waals surface area (Å²) in [5.74, 6) is -1.02. The number of hydrogen-bond acceptors (Lipinski definition) is 7. The maximum absolute atomic E-state index is 12.0. The molecule has 0 unspecified atom stereocenters. The van der Waals surface area contributed by atoms with E-state index in [1.807, 2.05) is 19.9 Å². The smallest absolute Gasteiger partial charge is 0.312 e. The number of benzene rings is 1. The fourth-order valence-corrected chi connectivity index (χ4v) is 2.79. The highest BCUT2D eigenvalue weighted by Crippen LogP contribution is 2.24. The Balaban J connectivity index is 1.72. The Kier molecular flexibility index (Phi) is 7.30. The van der Waals surface area contributed by atoms with Crippen LogP contribution in [0.4, 0.5) is 5.69 Å². The van der Waals surface area contributed by atoms with Crippen molar-refractivity contribution in [3.8, 4) is 5.75 Å². The Morgan fingerprint density at radius 1 is 1.19 bits per heavy atom. The fourth-order valence-electron chi connectivity index (χ4n) is 2.18. The van der Waals surface area contributed by atoms with Gasteiger partial charge in [0.05, 0.1) is 36.5 Å². The summed E-state index contributed by atoms with van der Waals surface area (Å²) in [5, 5.41) is 7.68. The average Bonchev–Trinajstić information content (AvgIpc) is 3.03. The normalized spacial score (nSPS) is 10.2. The van der Waals surface area contributed by atoms with Crippen molar-refractivity contribution >= 4 is 34.8 Å². The van der Waals surface area contributed by atoms with Gasteiger partial charge in [-0.2, -0.15) is 0 Å². The molecule has 1 aromatic carbocycles.